The Morgan fingerprint density at radius 2 is 1.79 bits per heavy atom. The molecule has 0 N–H and O–H groups in total. The van der Waals surface area contributed by atoms with Crippen molar-refractivity contribution in [1.82, 2.24) is 9.80 Å². The Kier molecular flexibility index (Phi) is 6.16. The Morgan fingerprint density at radius 3 is 2.48 bits per heavy atom. The fraction of sp³-hybridized carbons (Fsp3) is 0.458. The van der Waals surface area contributed by atoms with Crippen molar-refractivity contribution >= 4 is 5.91 Å². The molecule has 0 aromatic heterocycles. The third-order valence-corrected chi connectivity index (χ3v) is 6.26. The molecule has 3 atom stereocenters. The van der Waals surface area contributed by atoms with Gasteiger partial charge in [0.05, 0.1) is 26.4 Å². The average Bonchev–Trinajstić information content (AvgIpc) is 3.30. The highest BCUT2D eigenvalue weighted by atomic mass is 16.5. The van der Waals surface area contributed by atoms with Crippen LogP contribution in [0.2, 0.25) is 0 Å². The van der Waals surface area contributed by atoms with Crippen molar-refractivity contribution in [2.24, 2.45) is 11.8 Å². The Morgan fingerprint density at radius 1 is 1.03 bits per heavy atom. The molecule has 0 aliphatic carbocycles. The van der Waals surface area contributed by atoms with Crippen molar-refractivity contribution in [2.45, 2.75) is 19.6 Å². The number of ether oxygens (including phenoxy) is 2. The maximum absolute atomic E-state index is 12.3. The van der Waals surface area contributed by atoms with Crippen molar-refractivity contribution in [1.29, 1.82) is 0 Å². The maximum atomic E-state index is 12.3. The van der Waals surface area contributed by atoms with Crippen LogP contribution in [0.1, 0.15) is 24.1 Å². The minimum Gasteiger partial charge on any atom is -0.497 e. The lowest BCUT2D eigenvalue weighted by molar-refractivity contribution is -0.130. The van der Waals surface area contributed by atoms with E-state index in [1.165, 1.54) is 11.1 Å². The summed E-state index contributed by atoms with van der Waals surface area (Å²) in [6, 6.07) is 18.6. The summed E-state index contributed by atoms with van der Waals surface area (Å²) in [7, 11) is 1.68. The van der Waals surface area contributed by atoms with Gasteiger partial charge in [0.15, 0.2) is 0 Å². The first-order valence-electron chi connectivity index (χ1n) is 10.4. The van der Waals surface area contributed by atoms with Crippen molar-refractivity contribution in [2.75, 3.05) is 39.9 Å². The van der Waals surface area contributed by atoms with Gasteiger partial charge in [-0.25, -0.2) is 0 Å². The third-order valence-electron chi connectivity index (χ3n) is 6.26. The number of amides is 1. The number of likely N-dealkylation sites (tertiary alicyclic amines) is 2. The van der Waals surface area contributed by atoms with E-state index < -0.39 is 0 Å². The fourth-order valence-corrected chi connectivity index (χ4v) is 4.83. The van der Waals surface area contributed by atoms with Crippen molar-refractivity contribution < 1.29 is 14.3 Å². The Hall–Kier alpha value is -2.37. The second-order valence-corrected chi connectivity index (χ2v) is 8.11. The van der Waals surface area contributed by atoms with Crippen LogP contribution in [0.3, 0.4) is 0 Å². The quantitative estimate of drug-likeness (QED) is 0.676. The molecule has 5 nitrogen and oxygen atoms in total. The molecule has 2 aliphatic rings. The lowest BCUT2D eigenvalue weighted by Gasteiger charge is -2.29. The third kappa shape index (κ3) is 4.46. The van der Waals surface area contributed by atoms with E-state index in [4.69, 9.17) is 9.47 Å². The minimum atomic E-state index is 0.152. The molecule has 4 rings (SSSR count). The summed E-state index contributed by atoms with van der Waals surface area (Å²) in [5.74, 6) is 2.01. The zero-order valence-corrected chi connectivity index (χ0v) is 17.3. The van der Waals surface area contributed by atoms with Crippen LogP contribution >= 0.6 is 0 Å². The molecule has 2 aromatic rings. The van der Waals surface area contributed by atoms with Gasteiger partial charge in [-0.05, 0) is 29.2 Å². The summed E-state index contributed by atoms with van der Waals surface area (Å²) in [6.07, 6.45) is 0. The van der Waals surface area contributed by atoms with Crippen LogP contribution in [0, 0.1) is 11.8 Å². The van der Waals surface area contributed by atoms with E-state index in [0.29, 0.717) is 18.4 Å². The number of hydrogen-bond donors (Lipinski definition) is 0. The highest BCUT2D eigenvalue weighted by Gasteiger charge is 2.48. The summed E-state index contributed by atoms with van der Waals surface area (Å²) in [4.78, 5) is 16.8. The van der Waals surface area contributed by atoms with Crippen LogP contribution in [0.5, 0.6) is 5.75 Å². The summed E-state index contributed by atoms with van der Waals surface area (Å²) in [5.41, 5.74) is 2.41. The van der Waals surface area contributed by atoms with Crippen LogP contribution in [0.15, 0.2) is 54.6 Å². The molecule has 154 valence electrons. The van der Waals surface area contributed by atoms with Crippen molar-refractivity contribution in [3.8, 4) is 5.75 Å². The predicted molar refractivity (Wildman–Crippen MR) is 113 cm³/mol. The Balaban J connectivity index is 1.35. The van der Waals surface area contributed by atoms with Crippen LogP contribution in [0.25, 0.3) is 0 Å². The molecule has 29 heavy (non-hydrogen) atoms. The number of benzene rings is 2. The zero-order valence-electron chi connectivity index (χ0n) is 17.3. The van der Waals surface area contributed by atoms with Crippen LogP contribution < -0.4 is 4.74 Å². The zero-order chi connectivity index (χ0) is 20.2. The number of fused-ring (bicyclic) bond motifs is 1. The molecular formula is C24H30N2O3. The van der Waals surface area contributed by atoms with E-state index in [-0.39, 0.29) is 11.9 Å². The fourth-order valence-electron chi connectivity index (χ4n) is 4.83. The summed E-state index contributed by atoms with van der Waals surface area (Å²) >= 11 is 0. The monoisotopic (exact) mass is 394 g/mol. The van der Waals surface area contributed by atoms with Gasteiger partial charge in [-0.15, -0.1) is 0 Å². The molecular weight excluding hydrogens is 364 g/mol. The Bertz CT molecular complexity index is 809. The number of carbonyl (C=O) groups is 1. The minimum absolute atomic E-state index is 0.152. The highest BCUT2D eigenvalue weighted by molar-refractivity contribution is 5.74. The van der Waals surface area contributed by atoms with Crippen molar-refractivity contribution in [3.05, 3.63) is 65.7 Å². The van der Waals surface area contributed by atoms with Gasteiger partial charge in [-0.2, -0.15) is 0 Å². The molecule has 2 heterocycles. The summed E-state index contributed by atoms with van der Waals surface area (Å²) < 4.78 is 11.2. The van der Waals surface area contributed by atoms with Gasteiger partial charge in [-0.1, -0.05) is 42.5 Å². The SMILES string of the molecule is COc1ccc([C@H]2[C@@H]3CN(CCOCc4ccccc4)C[C@@H]3CN2C(C)=O)cc1. The number of carbonyl (C=O) groups excluding carboxylic acids is 1. The molecule has 1 amide bonds. The van der Waals surface area contributed by atoms with Crippen LogP contribution in [-0.2, 0) is 16.1 Å². The molecule has 2 aromatic carbocycles. The molecule has 2 saturated heterocycles. The molecule has 5 heteroatoms. The lowest BCUT2D eigenvalue weighted by Crippen LogP contribution is -2.35. The van der Waals surface area contributed by atoms with E-state index in [1.807, 2.05) is 30.3 Å². The van der Waals surface area contributed by atoms with Gasteiger partial charge < -0.3 is 19.3 Å². The maximum Gasteiger partial charge on any atom is 0.219 e. The van der Waals surface area contributed by atoms with E-state index in [0.717, 1.165) is 38.5 Å². The van der Waals surface area contributed by atoms with Gasteiger partial charge in [0, 0.05) is 39.0 Å². The van der Waals surface area contributed by atoms with Crippen LogP contribution in [-0.4, -0.2) is 55.6 Å². The average molecular weight is 395 g/mol. The summed E-state index contributed by atoms with van der Waals surface area (Å²) in [6.45, 7) is 6.92. The Labute approximate surface area is 173 Å². The lowest BCUT2D eigenvalue weighted by atomic mass is 9.89. The molecule has 0 saturated carbocycles. The van der Waals surface area contributed by atoms with Gasteiger partial charge in [-0.3, -0.25) is 4.79 Å². The molecule has 0 spiro atoms. The number of rotatable bonds is 7. The topological polar surface area (TPSA) is 42.0 Å². The second-order valence-electron chi connectivity index (χ2n) is 8.11. The van der Waals surface area contributed by atoms with E-state index in [2.05, 4.69) is 34.1 Å². The predicted octanol–water partition coefficient (Wildman–Crippen LogP) is 3.36. The van der Waals surface area contributed by atoms with E-state index in [1.54, 1.807) is 14.0 Å². The number of nitrogens with zero attached hydrogens (tertiary/aromatic N) is 2. The second kappa shape index (κ2) is 8.97. The number of hydrogen-bond acceptors (Lipinski definition) is 4. The van der Waals surface area contributed by atoms with E-state index in [9.17, 15) is 4.79 Å². The largest absolute Gasteiger partial charge is 0.497 e. The first-order valence-corrected chi connectivity index (χ1v) is 10.4. The van der Waals surface area contributed by atoms with Crippen molar-refractivity contribution in [3.63, 3.8) is 0 Å². The van der Waals surface area contributed by atoms with Gasteiger partial charge >= 0.3 is 0 Å². The molecule has 0 bridgehead atoms. The van der Waals surface area contributed by atoms with E-state index >= 15 is 0 Å². The summed E-state index contributed by atoms with van der Waals surface area (Å²) in [5, 5.41) is 0. The van der Waals surface area contributed by atoms with Crippen LogP contribution in [0.4, 0.5) is 0 Å². The van der Waals surface area contributed by atoms with Gasteiger partial charge in [0.2, 0.25) is 5.91 Å². The molecule has 2 aliphatic heterocycles. The van der Waals surface area contributed by atoms with Gasteiger partial charge in [0.25, 0.3) is 0 Å². The number of methoxy groups -OCH3 is 1. The molecule has 2 fully saturated rings. The first-order chi connectivity index (χ1) is 14.2. The van der Waals surface area contributed by atoms with Gasteiger partial charge in [0.1, 0.15) is 5.75 Å². The normalized spacial score (nSPS) is 23.9. The molecule has 0 unspecified atom stereocenters. The smallest absolute Gasteiger partial charge is 0.219 e. The molecule has 0 radical (unpaired) electrons. The highest BCUT2D eigenvalue weighted by Crippen LogP contribution is 2.45. The standard InChI is InChI=1S/C24H30N2O3/c1-18(27)26-15-21-14-25(12-13-29-17-19-6-4-3-5-7-19)16-23(21)24(26)20-8-10-22(28-2)11-9-20/h3-11,21,23-24H,12-17H2,1-2H3/t21-,23-,24+/m1/s1. The first kappa shape index (κ1) is 19.9.